The summed E-state index contributed by atoms with van der Waals surface area (Å²) in [6, 6.07) is 9.42. The van der Waals surface area contributed by atoms with E-state index in [1.165, 1.54) is 24.3 Å². The van der Waals surface area contributed by atoms with Crippen LogP contribution >= 0.6 is 0 Å². The zero-order valence-corrected chi connectivity index (χ0v) is 13.3. The number of hydrogen-bond acceptors (Lipinski definition) is 3. The van der Waals surface area contributed by atoms with E-state index in [1.807, 2.05) is 0 Å². The van der Waals surface area contributed by atoms with Crippen LogP contribution in [0, 0.1) is 0 Å². The summed E-state index contributed by atoms with van der Waals surface area (Å²) >= 11 is 0. The summed E-state index contributed by atoms with van der Waals surface area (Å²) in [5.74, 6) is -1.32. The van der Waals surface area contributed by atoms with Crippen molar-refractivity contribution in [2.75, 3.05) is 4.72 Å². The molecule has 5 nitrogen and oxygen atoms in total. The highest BCUT2D eigenvalue weighted by Gasteiger charge is 2.31. The van der Waals surface area contributed by atoms with Crippen LogP contribution in [0.4, 0.5) is 18.9 Å². The first-order valence-electron chi connectivity index (χ1n) is 6.80. The minimum atomic E-state index is -4.68. The number of hydrogen-bond donors (Lipinski definition) is 2. The summed E-state index contributed by atoms with van der Waals surface area (Å²) in [7, 11) is -4.14. The molecule has 0 aliphatic rings. The van der Waals surface area contributed by atoms with Crippen LogP contribution in [0.25, 0.3) is 6.08 Å². The van der Waals surface area contributed by atoms with Gasteiger partial charge in [-0.15, -0.1) is 0 Å². The second-order valence-electron chi connectivity index (χ2n) is 4.89. The summed E-state index contributed by atoms with van der Waals surface area (Å²) < 4.78 is 65.3. The highest BCUT2D eigenvalue weighted by atomic mass is 32.2. The van der Waals surface area contributed by atoms with Gasteiger partial charge in [0.1, 0.15) is 0 Å². The molecular formula is C16H12F3NO4S. The molecule has 0 heterocycles. The van der Waals surface area contributed by atoms with E-state index in [-0.39, 0.29) is 16.1 Å². The van der Waals surface area contributed by atoms with E-state index in [4.69, 9.17) is 5.11 Å². The summed E-state index contributed by atoms with van der Waals surface area (Å²) in [4.78, 5) is 10.5. The fourth-order valence-electron chi connectivity index (χ4n) is 1.93. The number of rotatable bonds is 5. The van der Waals surface area contributed by atoms with Crippen molar-refractivity contribution in [3.05, 3.63) is 65.7 Å². The van der Waals surface area contributed by atoms with Crippen LogP contribution in [-0.4, -0.2) is 19.5 Å². The molecule has 9 heteroatoms. The molecular weight excluding hydrogens is 359 g/mol. The largest absolute Gasteiger partial charge is 0.478 e. The predicted molar refractivity (Wildman–Crippen MR) is 85.4 cm³/mol. The number of aliphatic carboxylic acids is 1. The number of carboxylic acids is 1. The van der Waals surface area contributed by atoms with Crippen molar-refractivity contribution < 1.29 is 31.5 Å². The van der Waals surface area contributed by atoms with E-state index >= 15 is 0 Å². The fourth-order valence-corrected chi connectivity index (χ4v) is 3.03. The highest BCUT2D eigenvalue weighted by molar-refractivity contribution is 7.92. The SMILES string of the molecule is O=C(O)C=Cc1ccc(C(F)(F)F)cc1NS(=O)(=O)c1ccccc1. The Morgan fingerprint density at radius 1 is 1.08 bits per heavy atom. The van der Waals surface area contributed by atoms with Crippen molar-refractivity contribution >= 4 is 27.8 Å². The molecule has 132 valence electrons. The quantitative estimate of drug-likeness (QED) is 0.787. The van der Waals surface area contributed by atoms with Crippen molar-refractivity contribution in [2.24, 2.45) is 0 Å². The first-order valence-corrected chi connectivity index (χ1v) is 8.28. The van der Waals surface area contributed by atoms with Gasteiger partial charge in [-0.1, -0.05) is 24.3 Å². The molecule has 0 bridgehead atoms. The molecule has 0 aliphatic carbocycles. The average molecular weight is 371 g/mol. The van der Waals surface area contributed by atoms with Crippen LogP contribution < -0.4 is 4.72 Å². The highest BCUT2D eigenvalue weighted by Crippen LogP contribution is 2.33. The second kappa shape index (κ2) is 6.98. The van der Waals surface area contributed by atoms with Crippen LogP contribution in [0.15, 0.2) is 59.5 Å². The molecule has 0 unspecified atom stereocenters. The summed E-state index contributed by atoms with van der Waals surface area (Å²) in [6.45, 7) is 0. The summed E-state index contributed by atoms with van der Waals surface area (Å²) in [5.41, 5.74) is -1.46. The zero-order valence-electron chi connectivity index (χ0n) is 12.5. The number of alkyl halides is 3. The maximum atomic E-state index is 12.9. The maximum Gasteiger partial charge on any atom is 0.416 e. The molecule has 0 aliphatic heterocycles. The number of carboxylic acid groups (broad SMARTS) is 1. The minimum Gasteiger partial charge on any atom is -0.478 e. The lowest BCUT2D eigenvalue weighted by Crippen LogP contribution is -2.15. The molecule has 0 saturated carbocycles. The molecule has 0 spiro atoms. The lowest BCUT2D eigenvalue weighted by Gasteiger charge is -2.14. The molecule has 25 heavy (non-hydrogen) atoms. The maximum absolute atomic E-state index is 12.9. The molecule has 0 amide bonds. The summed E-state index contributed by atoms with van der Waals surface area (Å²) in [5, 5.41) is 8.65. The van der Waals surface area contributed by atoms with Gasteiger partial charge in [0.25, 0.3) is 10.0 Å². The van der Waals surface area contributed by atoms with Gasteiger partial charge >= 0.3 is 12.1 Å². The van der Waals surface area contributed by atoms with Crippen molar-refractivity contribution in [1.82, 2.24) is 0 Å². The van der Waals surface area contributed by atoms with Crippen molar-refractivity contribution in [3.63, 3.8) is 0 Å². The van der Waals surface area contributed by atoms with Gasteiger partial charge in [-0.25, -0.2) is 13.2 Å². The normalized spacial score (nSPS) is 12.3. The number of carbonyl (C=O) groups is 1. The molecule has 0 atom stereocenters. The Labute approximate surface area is 141 Å². The van der Waals surface area contributed by atoms with E-state index in [1.54, 1.807) is 6.07 Å². The van der Waals surface area contributed by atoms with Gasteiger partial charge in [-0.05, 0) is 35.9 Å². The standard InChI is InChI=1S/C16H12F3NO4S/c17-16(18,19)12-8-6-11(7-9-15(21)22)14(10-12)20-25(23,24)13-4-2-1-3-5-13/h1-10,20H,(H,21,22). The van der Waals surface area contributed by atoms with Gasteiger partial charge in [-0.2, -0.15) is 13.2 Å². The van der Waals surface area contributed by atoms with E-state index in [2.05, 4.69) is 4.72 Å². The van der Waals surface area contributed by atoms with Crippen molar-refractivity contribution in [1.29, 1.82) is 0 Å². The number of halogens is 3. The Balaban J connectivity index is 2.51. The van der Waals surface area contributed by atoms with E-state index < -0.39 is 27.7 Å². The molecule has 0 fully saturated rings. The second-order valence-corrected chi connectivity index (χ2v) is 6.57. The monoisotopic (exact) mass is 371 g/mol. The number of benzene rings is 2. The molecule has 2 aromatic rings. The third kappa shape index (κ3) is 4.83. The lowest BCUT2D eigenvalue weighted by atomic mass is 10.1. The topological polar surface area (TPSA) is 83.5 Å². The van der Waals surface area contributed by atoms with Gasteiger partial charge < -0.3 is 5.11 Å². The first-order chi connectivity index (χ1) is 11.6. The van der Waals surface area contributed by atoms with Gasteiger partial charge in [0.05, 0.1) is 16.1 Å². The third-order valence-electron chi connectivity index (χ3n) is 3.08. The zero-order chi connectivity index (χ0) is 18.7. The van der Waals surface area contributed by atoms with Crippen LogP contribution in [0.3, 0.4) is 0 Å². The Morgan fingerprint density at radius 2 is 1.72 bits per heavy atom. The van der Waals surface area contributed by atoms with Gasteiger partial charge in [0.15, 0.2) is 0 Å². The van der Waals surface area contributed by atoms with E-state index in [0.29, 0.717) is 12.1 Å². The van der Waals surface area contributed by atoms with Gasteiger partial charge in [0, 0.05) is 6.08 Å². The van der Waals surface area contributed by atoms with Crippen molar-refractivity contribution in [3.8, 4) is 0 Å². The Bertz CT molecular complexity index is 907. The van der Waals surface area contributed by atoms with E-state index in [9.17, 15) is 26.4 Å². The first kappa shape index (κ1) is 18.5. The number of nitrogens with one attached hydrogen (secondary N) is 1. The molecule has 0 radical (unpaired) electrons. The average Bonchev–Trinajstić information content (AvgIpc) is 2.53. The molecule has 2 rings (SSSR count). The van der Waals surface area contributed by atoms with Crippen LogP contribution in [0.5, 0.6) is 0 Å². The molecule has 2 aromatic carbocycles. The van der Waals surface area contributed by atoms with Crippen molar-refractivity contribution in [2.45, 2.75) is 11.1 Å². The minimum absolute atomic E-state index is 0.0186. The number of sulfonamides is 1. The Kier molecular flexibility index (Phi) is 5.17. The predicted octanol–water partition coefficient (Wildman–Crippen LogP) is 3.60. The Hall–Kier alpha value is -2.81. The smallest absolute Gasteiger partial charge is 0.416 e. The molecule has 0 saturated heterocycles. The van der Waals surface area contributed by atoms with Gasteiger partial charge in [0.2, 0.25) is 0 Å². The summed E-state index contributed by atoms with van der Waals surface area (Å²) in [6.07, 6.45) is -2.98. The molecule has 2 N–H and O–H groups in total. The Morgan fingerprint density at radius 3 is 2.28 bits per heavy atom. The fraction of sp³-hybridized carbons (Fsp3) is 0.0625. The third-order valence-corrected chi connectivity index (χ3v) is 4.47. The van der Waals surface area contributed by atoms with E-state index in [0.717, 1.165) is 18.2 Å². The van der Waals surface area contributed by atoms with Crippen LogP contribution in [0.1, 0.15) is 11.1 Å². The van der Waals surface area contributed by atoms with Gasteiger partial charge in [-0.3, -0.25) is 4.72 Å². The lowest BCUT2D eigenvalue weighted by molar-refractivity contribution is -0.137. The van der Waals surface area contributed by atoms with Crippen LogP contribution in [-0.2, 0) is 21.0 Å². The van der Waals surface area contributed by atoms with Crippen LogP contribution in [0.2, 0.25) is 0 Å². The molecule has 0 aromatic heterocycles. The number of anilines is 1.